The van der Waals surface area contributed by atoms with Crippen molar-refractivity contribution >= 4 is 11.8 Å². The number of benzene rings is 2. The van der Waals surface area contributed by atoms with Crippen molar-refractivity contribution in [3.8, 4) is 0 Å². The average molecular weight is 380 g/mol. The Morgan fingerprint density at radius 3 is 2.11 bits per heavy atom. The zero-order chi connectivity index (χ0) is 19.6. The minimum atomic E-state index is -0.0479. The smallest absolute Gasteiger partial charge is 0.224 e. The van der Waals surface area contributed by atoms with Gasteiger partial charge in [0.15, 0.2) is 0 Å². The molecule has 0 aromatic heterocycles. The van der Waals surface area contributed by atoms with Crippen molar-refractivity contribution in [2.45, 2.75) is 38.3 Å². The minimum absolute atomic E-state index is 0.0153. The Morgan fingerprint density at radius 1 is 0.857 bits per heavy atom. The first-order valence-corrected chi connectivity index (χ1v) is 10.1. The number of nitrogens with zero attached hydrogens (tertiary/aromatic N) is 1. The highest BCUT2D eigenvalue weighted by molar-refractivity contribution is 5.80. The molecule has 1 heterocycles. The molecule has 0 bridgehead atoms. The van der Waals surface area contributed by atoms with E-state index in [0.29, 0.717) is 19.4 Å². The molecule has 5 nitrogen and oxygen atoms in total. The number of hydrogen-bond acceptors (Lipinski definition) is 3. The van der Waals surface area contributed by atoms with Gasteiger partial charge >= 0.3 is 0 Å². The fourth-order valence-corrected chi connectivity index (χ4v) is 3.54. The Morgan fingerprint density at radius 2 is 1.46 bits per heavy atom. The van der Waals surface area contributed by atoms with Gasteiger partial charge < -0.3 is 10.6 Å². The molecular formula is C23H29N3O2. The lowest BCUT2D eigenvalue weighted by molar-refractivity contribution is -0.122. The summed E-state index contributed by atoms with van der Waals surface area (Å²) in [5.41, 5.74) is 2.31. The monoisotopic (exact) mass is 379 g/mol. The molecule has 0 spiro atoms. The molecule has 2 N–H and O–H groups in total. The van der Waals surface area contributed by atoms with Crippen LogP contribution in [0.5, 0.6) is 0 Å². The topological polar surface area (TPSA) is 61.4 Å². The van der Waals surface area contributed by atoms with E-state index in [1.165, 1.54) is 5.56 Å². The van der Waals surface area contributed by atoms with E-state index in [4.69, 9.17) is 0 Å². The summed E-state index contributed by atoms with van der Waals surface area (Å²) < 4.78 is 0. The Labute approximate surface area is 167 Å². The number of rotatable bonds is 8. The van der Waals surface area contributed by atoms with Crippen LogP contribution in [-0.4, -0.2) is 42.4 Å². The summed E-state index contributed by atoms with van der Waals surface area (Å²) in [6, 6.07) is 20.3. The Kier molecular flexibility index (Phi) is 7.62. The molecule has 1 aliphatic rings. The second-order valence-electron chi connectivity index (χ2n) is 7.37. The molecule has 148 valence electrons. The first-order valence-electron chi connectivity index (χ1n) is 10.1. The van der Waals surface area contributed by atoms with Crippen LogP contribution in [-0.2, 0) is 22.6 Å². The van der Waals surface area contributed by atoms with Crippen LogP contribution < -0.4 is 10.6 Å². The van der Waals surface area contributed by atoms with Crippen LogP contribution in [0, 0.1) is 0 Å². The van der Waals surface area contributed by atoms with Crippen molar-refractivity contribution in [3.63, 3.8) is 0 Å². The van der Waals surface area contributed by atoms with Crippen molar-refractivity contribution in [3.05, 3.63) is 71.8 Å². The summed E-state index contributed by atoms with van der Waals surface area (Å²) in [6.45, 7) is 3.33. The number of nitrogens with one attached hydrogen (secondary N) is 2. The first kappa shape index (κ1) is 20.1. The Hall–Kier alpha value is -2.66. The largest absolute Gasteiger partial charge is 0.355 e. The predicted molar refractivity (Wildman–Crippen MR) is 111 cm³/mol. The summed E-state index contributed by atoms with van der Waals surface area (Å²) in [5.74, 6) is -0.0326. The van der Waals surface area contributed by atoms with Crippen molar-refractivity contribution in [1.82, 2.24) is 15.5 Å². The highest BCUT2D eigenvalue weighted by atomic mass is 16.2. The molecule has 28 heavy (non-hydrogen) atoms. The maximum absolute atomic E-state index is 12.1. The van der Waals surface area contributed by atoms with Gasteiger partial charge in [0.2, 0.25) is 11.8 Å². The van der Waals surface area contributed by atoms with Crippen molar-refractivity contribution in [2.75, 3.05) is 19.6 Å². The third-order valence-electron chi connectivity index (χ3n) is 5.08. The van der Waals surface area contributed by atoms with Crippen molar-refractivity contribution < 1.29 is 9.59 Å². The van der Waals surface area contributed by atoms with Crippen LogP contribution in [0.2, 0.25) is 0 Å². The van der Waals surface area contributed by atoms with E-state index in [9.17, 15) is 9.59 Å². The predicted octanol–water partition coefficient (Wildman–Crippen LogP) is 2.52. The standard InChI is InChI=1S/C23H29N3O2/c27-22(11-14-24-23(28)17-19-7-3-1-4-8-19)25-21-12-15-26(16-13-21)18-20-9-5-2-6-10-20/h1-10,21H,11-18H2,(H,24,28)(H,25,27). The van der Waals surface area contributed by atoms with E-state index in [1.807, 2.05) is 36.4 Å². The number of likely N-dealkylation sites (tertiary alicyclic amines) is 1. The van der Waals surface area contributed by atoms with Gasteiger partial charge in [0.05, 0.1) is 6.42 Å². The molecule has 2 aromatic rings. The van der Waals surface area contributed by atoms with E-state index in [0.717, 1.165) is 38.0 Å². The lowest BCUT2D eigenvalue weighted by Crippen LogP contribution is -2.45. The molecule has 5 heteroatoms. The summed E-state index contributed by atoms with van der Waals surface area (Å²) in [4.78, 5) is 26.5. The number of carbonyl (C=O) groups is 2. The molecule has 1 aliphatic heterocycles. The molecule has 0 saturated carbocycles. The van der Waals surface area contributed by atoms with E-state index in [1.54, 1.807) is 0 Å². The van der Waals surface area contributed by atoms with Gasteiger partial charge in [0, 0.05) is 38.6 Å². The van der Waals surface area contributed by atoms with Gasteiger partial charge in [-0.15, -0.1) is 0 Å². The van der Waals surface area contributed by atoms with Crippen LogP contribution in [0.1, 0.15) is 30.4 Å². The highest BCUT2D eigenvalue weighted by Crippen LogP contribution is 2.14. The molecule has 0 aliphatic carbocycles. The molecule has 1 fully saturated rings. The lowest BCUT2D eigenvalue weighted by atomic mass is 10.0. The summed E-state index contributed by atoms with van der Waals surface area (Å²) in [6.07, 6.45) is 2.62. The maximum atomic E-state index is 12.1. The fraction of sp³-hybridized carbons (Fsp3) is 0.391. The van der Waals surface area contributed by atoms with Gasteiger partial charge in [-0.3, -0.25) is 14.5 Å². The normalized spacial score (nSPS) is 15.1. The molecule has 2 aromatic carbocycles. The van der Waals surface area contributed by atoms with Crippen LogP contribution >= 0.6 is 0 Å². The highest BCUT2D eigenvalue weighted by Gasteiger charge is 2.20. The SMILES string of the molecule is O=C(Cc1ccccc1)NCCC(=O)NC1CCN(Cc2ccccc2)CC1. The molecule has 1 saturated heterocycles. The molecule has 2 amide bonds. The molecule has 3 rings (SSSR count). The maximum Gasteiger partial charge on any atom is 0.224 e. The first-order chi connectivity index (χ1) is 13.7. The quantitative estimate of drug-likeness (QED) is 0.741. The van der Waals surface area contributed by atoms with Crippen LogP contribution in [0.3, 0.4) is 0 Å². The molecule has 0 atom stereocenters. The van der Waals surface area contributed by atoms with Gasteiger partial charge in [-0.25, -0.2) is 0 Å². The van der Waals surface area contributed by atoms with E-state index in [2.05, 4.69) is 39.8 Å². The Balaban J connectivity index is 1.29. The van der Waals surface area contributed by atoms with Gasteiger partial charge in [-0.1, -0.05) is 60.7 Å². The summed E-state index contributed by atoms with van der Waals surface area (Å²) >= 11 is 0. The van der Waals surface area contributed by atoms with Gasteiger partial charge in [-0.05, 0) is 24.0 Å². The van der Waals surface area contributed by atoms with E-state index in [-0.39, 0.29) is 17.9 Å². The second-order valence-corrected chi connectivity index (χ2v) is 7.37. The Bertz CT molecular complexity index is 741. The summed E-state index contributed by atoms with van der Waals surface area (Å²) in [5, 5.41) is 5.94. The number of carbonyl (C=O) groups excluding carboxylic acids is 2. The third kappa shape index (κ3) is 6.82. The molecular weight excluding hydrogens is 350 g/mol. The minimum Gasteiger partial charge on any atom is -0.355 e. The van der Waals surface area contributed by atoms with E-state index < -0.39 is 0 Å². The second kappa shape index (κ2) is 10.6. The van der Waals surface area contributed by atoms with Crippen LogP contribution in [0.4, 0.5) is 0 Å². The van der Waals surface area contributed by atoms with Crippen molar-refractivity contribution in [2.24, 2.45) is 0 Å². The molecule has 0 radical (unpaired) electrons. The van der Waals surface area contributed by atoms with Crippen molar-refractivity contribution in [1.29, 1.82) is 0 Å². The van der Waals surface area contributed by atoms with Gasteiger partial charge in [0.25, 0.3) is 0 Å². The third-order valence-corrected chi connectivity index (χ3v) is 5.08. The van der Waals surface area contributed by atoms with Gasteiger partial charge in [0.1, 0.15) is 0 Å². The van der Waals surface area contributed by atoms with Crippen LogP contribution in [0.25, 0.3) is 0 Å². The van der Waals surface area contributed by atoms with Gasteiger partial charge in [-0.2, -0.15) is 0 Å². The number of hydrogen-bond donors (Lipinski definition) is 2. The van der Waals surface area contributed by atoms with Crippen LogP contribution in [0.15, 0.2) is 60.7 Å². The zero-order valence-electron chi connectivity index (χ0n) is 16.3. The fourth-order valence-electron chi connectivity index (χ4n) is 3.54. The van der Waals surface area contributed by atoms with E-state index >= 15 is 0 Å². The summed E-state index contributed by atoms with van der Waals surface area (Å²) in [7, 11) is 0. The number of amides is 2. The average Bonchev–Trinajstić information content (AvgIpc) is 2.71. The lowest BCUT2D eigenvalue weighted by Gasteiger charge is -2.32. The molecule has 0 unspecified atom stereocenters. The zero-order valence-corrected chi connectivity index (χ0v) is 16.3. The number of piperidine rings is 1.